The van der Waals surface area contributed by atoms with Crippen molar-refractivity contribution in [2.75, 3.05) is 93.8 Å². The lowest BCUT2D eigenvalue weighted by Gasteiger charge is -2.33. The molecule has 0 N–H and O–H groups in total. The van der Waals surface area contributed by atoms with E-state index in [-0.39, 0.29) is 0 Å². The van der Waals surface area contributed by atoms with Gasteiger partial charge >= 0.3 is 0 Å². The molecular formula is C37H82N4O. The average molecular weight is 599 g/mol. The van der Waals surface area contributed by atoms with E-state index in [0.29, 0.717) is 21.7 Å². The molecule has 2 saturated heterocycles. The minimum absolute atomic E-state index is 0.427. The Kier molecular flexibility index (Phi) is 23.4. The highest BCUT2D eigenvalue weighted by molar-refractivity contribution is 4.72. The Balaban J connectivity index is 0. The molecule has 0 bridgehead atoms. The minimum atomic E-state index is 0.427. The van der Waals surface area contributed by atoms with Crippen LogP contribution in [-0.2, 0) is 4.74 Å². The van der Waals surface area contributed by atoms with Crippen LogP contribution in [0.3, 0.4) is 0 Å². The van der Waals surface area contributed by atoms with E-state index in [9.17, 15) is 0 Å². The molecule has 256 valence electrons. The summed E-state index contributed by atoms with van der Waals surface area (Å²) in [5.41, 5.74) is 1.92. The van der Waals surface area contributed by atoms with Gasteiger partial charge < -0.3 is 24.3 Å². The number of ether oxygens (including phenoxy) is 1. The summed E-state index contributed by atoms with van der Waals surface area (Å²) >= 11 is 0. The average Bonchev–Trinajstić information content (AvgIpc) is 2.85. The molecule has 0 atom stereocenters. The third-order valence-electron chi connectivity index (χ3n) is 7.77. The van der Waals surface area contributed by atoms with Gasteiger partial charge in [0.25, 0.3) is 0 Å². The van der Waals surface area contributed by atoms with E-state index in [0.717, 1.165) is 13.0 Å². The monoisotopic (exact) mass is 599 g/mol. The second-order valence-electron chi connectivity index (χ2n) is 18.1. The first kappa shape index (κ1) is 43.9. The fraction of sp³-hybridized carbons (Fsp3) is 1.00. The molecule has 5 heteroatoms. The van der Waals surface area contributed by atoms with E-state index in [1.54, 1.807) is 7.11 Å². The Morgan fingerprint density at radius 2 is 0.905 bits per heavy atom. The fourth-order valence-electron chi connectivity index (χ4n) is 4.21. The normalized spacial score (nSPS) is 17.9. The highest BCUT2D eigenvalue weighted by atomic mass is 16.5. The molecule has 2 aliphatic heterocycles. The maximum Gasteiger partial charge on any atom is 0.0467 e. The van der Waals surface area contributed by atoms with Crippen LogP contribution in [0.15, 0.2) is 0 Å². The van der Waals surface area contributed by atoms with E-state index >= 15 is 0 Å². The van der Waals surface area contributed by atoms with E-state index in [1.807, 2.05) is 0 Å². The number of likely N-dealkylation sites (N-methyl/N-ethyl adjacent to an activating group) is 1. The standard InChI is InChI=1S/C11H24N2.C11H23N.C8H19N.C7H16O/c1-11(2,3)5-6-13-9-7-12(4)8-10-13;1-11(2,3)7-10-12-8-5-4-6-9-12;1-8(2,3)6-7-9(4)5;1-7(2,3)5-6-8-4/h5-10H2,1-4H3;4-10H2,1-3H3;6-7H2,1-5H3;5-6H2,1-4H3. The number of nitrogens with zero attached hydrogens (tertiary/aromatic N) is 4. The first-order chi connectivity index (χ1) is 19.0. The molecule has 0 saturated carbocycles. The van der Waals surface area contributed by atoms with Crippen molar-refractivity contribution < 1.29 is 4.74 Å². The predicted molar refractivity (Wildman–Crippen MR) is 191 cm³/mol. The molecule has 2 rings (SSSR count). The van der Waals surface area contributed by atoms with Gasteiger partial charge in [0.1, 0.15) is 0 Å². The first-order valence-electron chi connectivity index (χ1n) is 17.3. The topological polar surface area (TPSA) is 22.2 Å². The SMILES string of the molecule is CC(C)(C)CCN1CCCCC1.CN(C)CCC(C)(C)C.CN1CCN(CCC(C)(C)C)CC1.COCCC(C)(C)C. The van der Waals surface area contributed by atoms with Gasteiger partial charge in [0.15, 0.2) is 0 Å². The molecule has 0 unspecified atom stereocenters. The maximum absolute atomic E-state index is 4.92. The molecule has 0 aromatic carbocycles. The zero-order valence-corrected chi connectivity index (χ0v) is 32.2. The van der Waals surface area contributed by atoms with E-state index in [1.165, 1.54) is 97.4 Å². The van der Waals surface area contributed by atoms with Crippen LogP contribution in [-0.4, -0.2) is 113 Å². The van der Waals surface area contributed by atoms with E-state index in [2.05, 4.69) is 124 Å². The number of hydrogen-bond donors (Lipinski definition) is 0. The molecule has 0 aliphatic carbocycles. The molecular weight excluding hydrogens is 516 g/mol. The zero-order chi connectivity index (χ0) is 33.0. The summed E-state index contributed by atoms with van der Waals surface area (Å²) in [6.45, 7) is 39.8. The summed E-state index contributed by atoms with van der Waals surface area (Å²) in [6, 6.07) is 0. The zero-order valence-electron chi connectivity index (χ0n) is 32.2. The molecule has 0 amide bonds. The molecule has 2 fully saturated rings. The van der Waals surface area contributed by atoms with Crippen molar-refractivity contribution in [2.24, 2.45) is 21.7 Å². The lowest BCUT2D eigenvalue weighted by Crippen LogP contribution is -2.45. The summed E-state index contributed by atoms with van der Waals surface area (Å²) in [5.74, 6) is 0. The molecule has 0 spiro atoms. The van der Waals surface area contributed by atoms with Crippen molar-refractivity contribution in [3.63, 3.8) is 0 Å². The fourth-order valence-corrected chi connectivity index (χ4v) is 4.21. The van der Waals surface area contributed by atoms with Crippen molar-refractivity contribution in [3.8, 4) is 0 Å². The van der Waals surface area contributed by atoms with Gasteiger partial charge in [0.05, 0.1) is 0 Å². The molecule has 0 radical (unpaired) electrons. The lowest BCUT2D eigenvalue weighted by molar-refractivity contribution is 0.139. The first-order valence-corrected chi connectivity index (χ1v) is 17.3. The van der Waals surface area contributed by atoms with E-state index in [4.69, 9.17) is 4.74 Å². The molecule has 2 aliphatic rings. The van der Waals surface area contributed by atoms with Crippen LogP contribution in [0.5, 0.6) is 0 Å². The molecule has 5 nitrogen and oxygen atoms in total. The Morgan fingerprint density at radius 1 is 0.524 bits per heavy atom. The van der Waals surface area contributed by atoms with Crippen LogP contribution < -0.4 is 0 Å². The van der Waals surface area contributed by atoms with Gasteiger partial charge in [0.2, 0.25) is 0 Å². The van der Waals surface area contributed by atoms with Gasteiger partial charge in [-0.25, -0.2) is 0 Å². The van der Waals surface area contributed by atoms with Gasteiger partial charge in [-0.2, -0.15) is 0 Å². The number of methoxy groups -OCH3 is 1. The second-order valence-corrected chi connectivity index (χ2v) is 18.1. The lowest BCUT2D eigenvalue weighted by atomic mass is 9.92. The van der Waals surface area contributed by atoms with Crippen molar-refractivity contribution in [1.82, 2.24) is 19.6 Å². The van der Waals surface area contributed by atoms with Gasteiger partial charge in [-0.05, 0) is 114 Å². The smallest absolute Gasteiger partial charge is 0.0467 e. The highest BCUT2D eigenvalue weighted by Crippen LogP contribution is 2.21. The van der Waals surface area contributed by atoms with Crippen molar-refractivity contribution in [2.45, 2.75) is 128 Å². The summed E-state index contributed by atoms with van der Waals surface area (Å²) in [5, 5.41) is 0. The van der Waals surface area contributed by atoms with Crippen LogP contribution in [0.1, 0.15) is 128 Å². The molecule has 2 heterocycles. The number of piperidine rings is 1. The van der Waals surface area contributed by atoms with Crippen molar-refractivity contribution >= 4 is 0 Å². The number of likely N-dealkylation sites (tertiary alicyclic amines) is 1. The van der Waals surface area contributed by atoms with Gasteiger partial charge in [0, 0.05) is 39.9 Å². The Bertz CT molecular complexity index is 593. The predicted octanol–water partition coefficient (Wildman–Crippen LogP) is 8.63. The number of piperazine rings is 1. The van der Waals surface area contributed by atoms with Crippen molar-refractivity contribution in [1.29, 1.82) is 0 Å². The maximum atomic E-state index is 4.92. The third kappa shape index (κ3) is 36.0. The van der Waals surface area contributed by atoms with Gasteiger partial charge in [-0.3, -0.25) is 0 Å². The Hall–Kier alpha value is -0.200. The van der Waals surface area contributed by atoms with Crippen LogP contribution >= 0.6 is 0 Å². The van der Waals surface area contributed by atoms with Crippen LogP contribution in [0.2, 0.25) is 0 Å². The Labute approximate surface area is 267 Å². The quantitative estimate of drug-likeness (QED) is 0.278. The minimum Gasteiger partial charge on any atom is -0.385 e. The van der Waals surface area contributed by atoms with Crippen LogP contribution in [0.25, 0.3) is 0 Å². The number of rotatable bonds is 8. The van der Waals surface area contributed by atoms with Crippen molar-refractivity contribution in [3.05, 3.63) is 0 Å². The van der Waals surface area contributed by atoms with Gasteiger partial charge in [-0.15, -0.1) is 0 Å². The third-order valence-corrected chi connectivity index (χ3v) is 7.77. The molecule has 42 heavy (non-hydrogen) atoms. The van der Waals surface area contributed by atoms with E-state index < -0.39 is 0 Å². The molecule has 0 aromatic heterocycles. The van der Waals surface area contributed by atoms with Crippen LogP contribution in [0, 0.1) is 21.7 Å². The summed E-state index contributed by atoms with van der Waals surface area (Å²) < 4.78 is 4.92. The second kappa shape index (κ2) is 22.3. The highest BCUT2D eigenvalue weighted by Gasteiger charge is 2.17. The summed E-state index contributed by atoms with van der Waals surface area (Å²) in [7, 11) is 8.18. The number of hydrogen-bond acceptors (Lipinski definition) is 5. The molecule has 0 aromatic rings. The summed E-state index contributed by atoms with van der Waals surface area (Å²) in [6.07, 6.45) is 9.37. The Morgan fingerprint density at radius 3 is 1.19 bits per heavy atom. The van der Waals surface area contributed by atoms with Crippen LogP contribution in [0.4, 0.5) is 0 Å². The summed E-state index contributed by atoms with van der Waals surface area (Å²) in [4.78, 5) is 9.85. The van der Waals surface area contributed by atoms with Gasteiger partial charge in [-0.1, -0.05) is 89.5 Å². The largest absolute Gasteiger partial charge is 0.385 e.